The Bertz CT molecular complexity index is 1130. The van der Waals surface area contributed by atoms with E-state index in [2.05, 4.69) is 26.6 Å². The van der Waals surface area contributed by atoms with Gasteiger partial charge in [0.25, 0.3) is 0 Å². The Morgan fingerprint density at radius 2 is 1.38 bits per heavy atom. The maximum absolute atomic E-state index is 12.9. The van der Waals surface area contributed by atoms with E-state index in [4.69, 9.17) is 9.84 Å². The number of ether oxygens (including phenoxy) is 1. The Morgan fingerprint density at radius 3 is 2.00 bits per heavy atom. The molecule has 0 unspecified atom stereocenters. The lowest BCUT2D eigenvalue weighted by Crippen LogP contribution is -2.52. The number of aliphatic hydroxyl groups is 1. The van der Waals surface area contributed by atoms with Crippen LogP contribution in [0.3, 0.4) is 0 Å². The van der Waals surface area contributed by atoms with Crippen LogP contribution in [0.1, 0.15) is 31.9 Å². The SMILES string of the molecule is CC(C)(C)OC(=O)NCC(=O)NCC(=O)N[C@@H](Cc1ccccc1)C(=O)NCC(=O)Nc1ccc(CO)cc1. The minimum atomic E-state index is -1.02. The van der Waals surface area contributed by atoms with Crippen LogP contribution in [0.2, 0.25) is 0 Å². The molecule has 0 aliphatic rings. The van der Waals surface area contributed by atoms with Crippen LogP contribution in [0.25, 0.3) is 0 Å². The molecule has 12 heteroatoms. The van der Waals surface area contributed by atoms with Gasteiger partial charge < -0.3 is 36.4 Å². The van der Waals surface area contributed by atoms with Gasteiger partial charge in [-0.3, -0.25) is 19.2 Å². The number of amides is 5. The molecule has 0 bridgehead atoms. The molecule has 1 atom stereocenters. The van der Waals surface area contributed by atoms with Gasteiger partial charge in [0.05, 0.1) is 19.7 Å². The van der Waals surface area contributed by atoms with E-state index in [9.17, 15) is 24.0 Å². The number of nitrogens with one attached hydrogen (secondary N) is 5. The van der Waals surface area contributed by atoms with E-state index in [0.29, 0.717) is 11.3 Å². The van der Waals surface area contributed by atoms with Gasteiger partial charge in [-0.1, -0.05) is 42.5 Å². The molecule has 12 nitrogen and oxygen atoms in total. The van der Waals surface area contributed by atoms with Crippen molar-refractivity contribution in [3.8, 4) is 0 Å². The zero-order chi connectivity index (χ0) is 28.8. The quantitative estimate of drug-likeness (QED) is 0.228. The Labute approximate surface area is 226 Å². The smallest absolute Gasteiger partial charge is 0.408 e. The van der Waals surface area contributed by atoms with E-state index < -0.39 is 54.5 Å². The topological polar surface area (TPSA) is 175 Å². The molecule has 0 radical (unpaired) electrons. The summed E-state index contributed by atoms with van der Waals surface area (Å²) < 4.78 is 5.04. The molecular formula is C27H35N5O7. The third-order valence-electron chi connectivity index (χ3n) is 5.02. The number of anilines is 1. The minimum Gasteiger partial charge on any atom is -0.444 e. The zero-order valence-electron chi connectivity index (χ0n) is 22.2. The molecule has 210 valence electrons. The third kappa shape index (κ3) is 12.6. The molecule has 0 heterocycles. The van der Waals surface area contributed by atoms with Gasteiger partial charge in [-0.25, -0.2) is 4.79 Å². The lowest BCUT2D eigenvalue weighted by Gasteiger charge is -2.20. The average molecular weight is 542 g/mol. The van der Waals surface area contributed by atoms with Crippen molar-refractivity contribution in [3.63, 3.8) is 0 Å². The summed E-state index contributed by atoms with van der Waals surface area (Å²) >= 11 is 0. The van der Waals surface area contributed by atoms with E-state index >= 15 is 0 Å². The number of carbonyl (C=O) groups excluding carboxylic acids is 5. The third-order valence-corrected chi connectivity index (χ3v) is 5.02. The summed E-state index contributed by atoms with van der Waals surface area (Å²) in [7, 11) is 0. The first kappa shape index (κ1) is 30.8. The van der Waals surface area contributed by atoms with E-state index in [1.54, 1.807) is 69.3 Å². The van der Waals surface area contributed by atoms with Gasteiger partial charge in [0.2, 0.25) is 23.6 Å². The van der Waals surface area contributed by atoms with Crippen molar-refractivity contribution in [2.45, 2.75) is 45.4 Å². The van der Waals surface area contributed by atoms with Gasteiger partial charge in [-0.2, -0.15) is 0 Å². The summed E-state index contributed by atoms with van der Waals surface area (Å²) in [6.45, 7) is 3.76. The molecule has 0 saturated heterocycles. The highest BCUT2D eigenvalue weighted by Crippen LogP contribution is 2.09. The van der Waals surface area contributed by atoms with Crippen molar-refractivity contribution in [3.05, 3.63) is 65.7 Å². The van der Waals surface area contributed by atoms with Crippen molar-refractivity contribution in [2.24, 2.45) is 0 Å². The first-order valence-electron chi connectivity index (χ1n) is 12.3. The van der Waals surface area contributed by atoms with Crippen LogP contribution in [0.4, 0.5) is 10.5 Å². The molecule has 6 N–H and O–H groups in total. The van der Waals surface area contributed by atoms with Crippen LogP contribution >= 0.6 is 0 Å². The second-order valence-corrected chi connectivity index (χ2v) is 9.56. The Kier molecular flexibility index (Phi) is 11.9. The summed E-state index contributed by atoms with van der Waals surface area (Å²) in [5.74, 6) is -2.32. The molecule has 0 fully saturated rings. The number of hydrogen-bond acceptors (Lipinski definition) is 7. The number of carbonyl (C=O) groups is 5. The Balaban J connectivity index is 1.88. The van der Waals surface area contributed by atoms with Gasteiger partial charge in [-0.15, -0.1) is 0 Å². The maximum atomic E-state index is 12.9. The largest absolute Gasteiger partial charge is 0.444 e. The molecule has 0 aliphatic carbocycles. The average Bonchev–Trinajstić information content (AvgIpc) is 2.89. The second-order valence-electron chi connectivity index (χ2n) is 9.56. The lowest BCUT2D eigenvalue weighted by atomic mass is 10.1. The predicted molar refractivity (Wildman–Crippen MR) is 143 cm³/mol. The van der Waals surface area contributed by atoms with Crippen molar-refractivity contribution in [2.75, 3.05) is 25.0 Å². The van der Waals surface area contributed by atoms with Gasteiger partial charge >= 0.3 is 6.09 Å². The van der Waals surface area contributed by atoms with Gasteiger partial charge in [0, 0.05) is 12.1 Å². The van der Waals surface area contributed by atoms with E-state index in [0.717, 1.165) is 5.56 Å². The van der Waals surface area contributed by atoms with Crippen LogP contribution in [0.5, 0.6) is 0 Å². The Morgan fingerprint density at radius 1 is 0.769 bits per heavy atom. The van der Waals surface area contributed by atoms with Crippen LogP contribution in [-0.2, 0) is 36.9 Å². The monoisotopic (exact) mass is 541 g/mol. The number of rotatable bonds is 12. The van der Waals surface area contributed by atoms with Gasteiger partial charge in [-0.05, 0) is 44.0 Å². The lowest BCUT2D eigenvalue weighted by molar-refractivity contribution is -0.130. The molecule has 2 aromatic rings. The van der Waals surface area contributed by atoms with Crippen molar-refractivity contribution >= 4 is 35.4 Å². The maximum Gasteiger partial charge on any atom is 0.408 e. The second kappa shape index (κ2) is 15.1. The fourth-order valence-electron chi connectivity index (χ4n) is 3.20. The molecule has 0 aromatic heterocycles. The highest BCUT2D eigenvalue weighted by molar-refractivity contribution is 5.96. The molecule has 5 amide bonds. The highest BCUT2D eigenvalue weighted by Gasteiger charge is 2.22. The van der Waals surface area contributed by atoms with Crippen LogP contribution < -0.4 is 26.6 Å². The highest BCUT2D eigenvalue weighted by atomic mass is 16.6. The molecule has 39 heavy (non-hydrogen) atoms. The summed E-state index contributed by atoms with van der Waals surface area (Å²) in [6.07, 6.45) is -0.621. The summed E-state index contributed by atoms with van der Waals surface area (Å²) in [6, 6.07) is 14.5. The Hall–Kier alpha value is -4.45. The van der Waals surface area contributed by atoms with E-state index in [1.165, 1.54) is 0 Å². The molecule has 2 rings (SSSR count). The van der Waals surface area contributed by atoms with Crippen molar-refractivity contribution in [1.82, 2.24) is 21.3 Å². The summed E-state index contributed by atoms with van der Waals surface area (Å²) in [5, 5.41) is 21.5. The van der Waals surface area contributed by atoms with Gasteiger partial charge in [0.15, 0.2) is 0 Å². The predicted octanol–water partition coefficient (Wildman–Crippen LogP) is 0.602. The summed E-state index contributed by atoms with van der Waals surface area (Å²) in [4.78, 5) is 61.3. The molecule has 0 saturated carbocycles. The number of alkyl carbamates (subject to hydrolysis) is 1. The molecular weight excluding hydrogens is 506 g/mol. The van der Waals surface area contributed by atoms with Crippen LogP contribution in [-0.4, -0.2) is 66.1 Å². The fraction of sp³-hybridized carbons (Fsp3) is 0.370. The minimum absolute atomic E-state index is 0.120. The van der Waals surface area contributed by atoms with Crippen molar-refractivity contribution in [1.29, 1.82) is 0 Å². The van der Waals surface area contributed by atoms with E-state index in [-0.39, 0.29) is 19.6 Å². The van der Waals surface area contributed by atoms with E-state index in [1.807, 2.05) is 6.07 Å². The van der Waals surface area contributed by atoms with Crippen LogP contribution in [0, 0.1) is 0 Å². The summed E-state index contributed by atoms with van der Waals surface area (Å²) in [5.41, 5.74) is 1.24. The normalized spacial score (nSPS) is 11.5. The van der Waals surface area contributed by atoms with Crippen molar-refractivity contribution < 1.29 is 33.8 Å². The standard InChI is InChI=1S/C27H35N5O7/c1-27(2,3)39-26(38)30-14-22(34)28-15-24(36)32-21(13-18-7-5-4-6-8-18)25(37)29-16-23(35)31-20-11-9-19(17-33)10-12-20/h4-12,21,33H,13-17H2,1-3H3,(H,28,34)(H,29,37)(H,30,38)(H,31,35)(H,32,36)/t21-/m0/s1. The van der Waals surface area contributed by atoms with Crippen LogP contribution in [0.15, 0.2) is 54.6 Å². The molecule has 0 aliphatic heterocycles. The number of benzene rings is 2. The fourth-order valence-corrected chi connectivity index (χ4v) is 3.20. The molecule has 2 aromatic carbocycles. The first-order chi connectivity index (χ1) is 18.4. The van der Waals surface area contributed by atoms with Gasteiger partial charge in [0.1, 0.15) is 18.2 Å². The molecule has 0 spiro atoms. The number of hydrogen-bond donors (Lipinski definition) is 6. The zero-order valence-corrected chi connectivity index (χ0v) is 22.2. The first-order valence-corrected chi connectivity index (χ1v) is 12.3. The number of aliphatic hydroxyl groups excluding tert-OH is 1.